The van der Waals surface area contributed by atoms with Gasteiger partial charge in [-0.25, -0.2) is 0 Å². The lowest BCUT2D eigenvalue weighted by atomic mass is 9.54. The van der Waals surface area contributed by atoms with E-state index >= 15 is 0 Å². The Balaban J connectivity index is 1.44. The van der Waals surface area contributed by atoms with Crippen molar-refractivity contribution in [3.63, 3.8) is 0 Å². The van der Waals surface area contributed by atoms with Gasteiger partial charge in [-0.1, -0.05) is 74.5 Å². The summed E-state index contributed by atoms with van der Waals surface area (Å²) in [6, 6.07) is 15.0. The Kier molecular flexibility index (Phi) is 15.0. The van der Waals surface area contributed by atoms with E-state index in [4.69, 9.17) is 21.9 Å². The summed E-state index contributed by atoms with van der Waals surface area (Å²) in [6.07, 6.45) is 4.96. The number of nitrogens with two attached hydrogens (primary N) is 3. The first-order valence-electron chi connectivity index (χ1n) is 18.9. The van der Waals surface area contributed by atoms with Crippen LogP contribution in [-0.2, 0) is 41.6 Å². The predicted molar refractivity (Wildman–Crippen MR) is 203 cm³/mol. The summed E-state index contributed by atoms with van der Waals surface area (Å²) in [5.41, 5.74) is 19.0. The summed E-state index contributed by atoms with van der Waals surface area (Å²) < 4.78 is 4.89. The molecular formula is C40H59N7O6. The highest BCUT2D eigenvalue weighted by Crippen LogP contribution is 2.54. The molecular weight excluding hydrogens is 674 g/mol. The third-order valence-corrected chi connectivity index (χ3v) is 10.6. The smallest absolute Gasteiger partial charge is 0.325 e. The molecule has 53 heavy (non-hydrogen) atoms. The van der Waals surface area contributed by atoms with Gasteiger partial charge in [0.2, 0.25) is 23.6 Å². The number of esters is 1. The molecule has 13 nitrogen and oxygen atoms in total. The molecule has 9 N–H and O–H groups in total. The highest BCUT2D eigenvalue weighted by Gasteiger charge is 2.58. The van der Waals surface area contributed by atoms with Gasteiger partial charge in [-0.15, -0.1) is 0 Å². The number of amides is 4. The first-order valence-corrected chi connectivity index (χ1v) is 18.9. The molecule has 2 aromatic rings. The van der Waals surface area contributed by atoms with E-state index in [1.54, 1.807) is 4.90 Å². The number of unbranched alkanes of at least 4 members (excludes halogenated alkanes) is 1. The summed E-state index contributed by atoms with van der Waals surface area (Å²) in [7, 11) is 1.34. The van der Waals surface area contributed by atoms with E-state index in [9.17, 15) is 24.0 Å². The lowest BCUT2D eigenvalue weighted by molar-refractivity contribution is -0.161. The van der Waals surface area contributed by atoms with Gasteiger partial charge < -0.3 is 42.8 Å². The van der Waals surface area contributed by atoms with Gasteiger partial charge in [-0.3, -0.25) is 24.0 Å². The fourth-order valence-corrected chi connectivity index (χ4v) is 7.71. The summed E-state index contributed by atoms with van der Waals surface area (Å²) >= 11 is 0. The monoisotopic (exact) mass is 733 g/mol. The van der Waals surface area contributed by atoms with Crippen LogP contribution >= 0.6 is 0 Å². The van der Waals surface area contributed by atoms with E-state index in [0.717, 1.165) is 11.1 Å². The van der Waals surface area contributed by atoms with Crippen LogP contribution in [0.25, 0.3) is 0 Å². The Bertz CT molecular complexity index is 1520. The number of hydrogen-bond donors (Lipinski definition) is 6. The van der Waals surface area contributed by atoms with Crippen molar-refractivity contribution in [3.8, 4) is 0 Å². The largest absolute Gasteiger partial charge is 0.468 e. The van der Waals surface area contributed by atoms with Crippen LogP contribution in [0.15, 0.2) is 60.7 Å². The average Bonchev–Trinajstić information content (AvgIpc) is 3.13. The first-order chi connectivity index (χ1) is 25.3. The van der Waals surface area contributed by atoms with Crippen molar-refractivity contribution in [1.82, 2.24) is 20.9 Å². The third kappa shape index (κ3) is 11.6. The Labute approximate surface area is 313 Å². The number of benzene rings is 2. The van der Waals surface area contributed by atoms with Crippen LogP contribution in [0.5, 0.6) is 0 Å². The van der Waals surface area contributed by atoms with Gasteiger partial charge in [0.25, 0.3) is 0 Å². The molecule has 13 heteroatoms. The van der Waals surface area contributed by atoms with Crippen LogP contribution in [0.3, 0.4) is 0 Å². The average molecular weight is 734 g/mol. The van der Waals surface area contributed by atoms with Crippen molar-refractivity contribution in [2.75, 3.05) is 26.7 Å². The number of piperidine rings is 1. The number of carbonyl (C=O) groups excluding carboxylic acids is 5. The van der Waals surface area contributed by atoms with E-state index in [2.05, 4.69) is 16.0 Å². The summed E-state index contributed by atoms with van der Waals surface area (Å²) in [4.78, 5) is 69.2. The van der Waals surface area contributed by atoms with E-state index in [0.29, 0.717) is 77.4 Å². The fraction of sp³-hybridized carbons (Fsp3) is 0.575. The predicted octanol–water partition coefficient (Wildman–Crippen LogP) is 1.70. The van der Waals surface area contributed by atoms with Crippen LogP contribution in [0, 0.1) is 11.3 Å². The highest BCUT2D eigenvalue weighted by atomic mass is 16.5. The van der Waals surface area contributed by atoms with Crippen LogP contribution in [-0.4, -0.2) is 90.9 Å². The maximum atomic E-state index is 14.0. The van der Waals surface area contributed by atoms with Crippen LogP contribution in [0.4, 0.5) is 0 Å². The van der Waals surface area contributed by atoms with Crippen molar-refractivity contribution in [2.24, 2.45) is 28.5 Å². The number of rotatable bonds is 18. The molecule has 290 valence electrons. The second kappa shape index (κ2) is 19.1. The molecule has 0 radical (unpaired) electrons. The Morgan fingerprint density at radius 3 is 1.85 bits per heavy atom. The molecule has 1 saturated heterocycles. The molecule has 1 heterocycles. The van der Waals surface area contributed by atoms with Gasteiger partial charge in [-0.2, -0.15) is 0 Å². The molecule has 0 unspecified atom stereocenters. The van der Waals surface area contributed by atoms with Gasteiger partial charge in [0.05, 0.1) is 13.2 Å². The zero-order valence-electron chi connectivity index (χ0n) is 31.5. The fourth-order valence-electron chi connectivity index (χ4n) is 7.71. The van der Waals surface area contributed by atoms with Crippen molar-refractivity contribution < 1.29 is 28.7 Å². The number of nitrogens with one attached hydrogen (secondary N) is 3. The van der Waals surface area contributed by atoms with E-state index in [-0.39, 0.29) is 23.7 Å². The van der Waals surface area contributed by atoms with Crippen LogP contribution < -0.4 is 33.2 Å². The van der Waals surface area contributed by atoms with Crippen molar-refractivity contribution >= 4 is 29.6 Å². The lowest BCUT2D eigenvalue weighted by Crippen LogP contribution is -2.66. The Morgan fingerprint density at radius 2 is 1.30 bits per heavy atom. The zero-order valence-corrected chi connectivity index (χ0v) is 31.5. The van der Waals surface area contributed by atoms with Crippen molar-refractivity contribution in [2.45, 2.75) is 108 Å². The van der Waals surface area contributed by atoms with E-state index in [1.165, 1.54) is 7.11 Å². The van der Waals surface area contributed by atoms with Crippen molar-refractivity contribution in [3.05, 3.63) is 71.8 Å². The maximum absolute atomic E-state index is 14.0. The molecule has 0 bridgehead atoms. The topological polar surface area (TPSA) is 212 Å². The highest BCUT2D eigenvalue weighted by molar-refractivity contribution is 5.95. The molecule has 2 aromatic carbocycles. The molecule has 0 aromatic heterocycles. The minimum Gasteiger partial charge on any atom is -0.468 e. The summed E-state index contributed by atoms with van der Waals surface area (Å²) in [6.45, 7) is 5.32. The molecule has 4 atom stereocenters. The lowest BCUT2D eigenvalue weighted by Gasteiger charge is -2.56. The number of carbonyl (C=O) groups is 5. The minimum atomic E-state index is -1.00. The molecule has 2 aliphatic rings. The normalized spacial score (nSPS) is 18.2. The van der Waals surface area contributed by atoms with E-state index < -0.39 is 53.4 Å². The molecule has 4 amide bonds. The first kappa shape index (κ1) is 41.4. The van der Waals surface area contributed by atoms with E-state index in [1.807, 2.05) is 74.5 Å². The molecule has 1 aliphatic carbocycles. The second-order valence-corrected chi connectivity index (χ2v) is 15.4. The summed E-state index contributed by atoms with van der Waals surface area (Å²) in [5, 5.41) is 8.71. The Morgan fingerprint density at radius 1 is 0.774 bits per heavy atom. The molecule has 4 rings (SSSR count). The number of methoxy groups -OCH3 is 1. The van der Waals surface area contributed by atoms with Crippen LogP contribution in [0.1, 0.15) is 76.3 Å². The number of hydrogen-bond acceptors (Lipinski definition) is 9. The van der Waals surface area contributed by atoms with Gasteiger partial charge in [0, 0.05) is 19.5 Å². The number of ether oxygens (including phenoxy) is 1. The van der Waals surface area contributed by atoms with Gasteiger partial charge >= 0.3 is 5.97 Å². The third-order valence-electron chi connectivity index (χ3n) is 10.6. The molecule has 1 aliphatic heterocycles. The number of nitrogens with zero attached hydrogens (tertiary/aromatic N) is 1. The zero-order chi connectivity index (χ0) is 38.6. The van der Waals surface area contributed by atoms with Crippen LogP contribution in [0.2, 0.25) is 0 Å². The molecule has 1 saturated carbocycles. The van der Waals surface area contributed by atoms with Gasteiger partial charge in [0.15, 0.2) is 0 Å². The SMILES string of the molecule is COC(=O)C1(N)CC2(CCN(C(=O)[C@@H](CCCCN)NC(=O)[C@@H](CC(C)C)NC(=O)[C@@H](Cc3ccccc3)NC(=O)[C@H](N)Cc3ccccc3)CC2)C1. The molecule has 2 fully saturated rings. The number of likely N-dealkylation sites (tertiary alicyclic amines) is 1. The summed E-state index contributed by atoms with van der Waals surface area (Å²) in [5.74, 6) is -2.04. The quantitative estimate of drug-likeness (QED) is 0.0971. The minimum absolute atomic E-state index is 0.0271. The standard InChI is InChI=1S/C40H59N7O6/c1-27(2)22-32(46-36(50)33(24-29-14-8-5-9-15-29)45-34(48)30(42)23-28-12-6-4-7-13-28)35(49)44-31(16-10-11-19-41)37(51)47-20-17-39(18-21-47)25-40(43,26-39)38(52)53-3/h4-9,12-15,27,30-33H,10-11,16-26,41-43H2,1-3H3,(H,44,49)(H,45,48)(H,46,50)/t30-,31-,32-,33-/m1/s1. The second-order valence-electron chi connectivity index (χ2n) is 15.4. The van der Waals surface area contributed by atoms with Gasteiger partial charge in [-0.05, 0) is 86.8 Å². The Hall–Kier alpha value is -4.33. The van der Waals surface area contributed by atoms with Gasteiger partial charge in [0.1, 0.15) is 23.7 Å². The maximum Gasteiger partial charge on any atom is 0.325 e. The molecule has 1 spiro atoms. The van der Waals surface area contributed by atoms with Crippen molar-refractivity contribution in [1.29, 1.82) is 0 Å².